The van der Waals surface area contributed by atoms with Gasteiger partial charge in [-0.2, -0.15) is 0 Å². The molecule has 0 bridgehead atoms. The average Bonchev–Trinajstić information content (AvgIpc) is 3.13. The van der Waals surface area contributed by atoms with Crippen LogP contribution in [0.4, 0.5) is 0 Å². The number of amides is 1. The van der Waals surface area contributed by atoms with E-state index in [0.29, 0.717) is 17.9 Å². The SMILES string of the molecule is Cc1nc2cc(C(=O)N[C@@H](C)c3ccccc3)ccc2n1Cc1cccc(OC(C)(C)C(=O)O)c1. The van der Waals surface area contributed by atoms with E-state index in [4.69, 9.17) is 4.74 Å². The number of carboxylic acids is 1. The summed E-state index contributed by atoms with van der Waals surface area (Å²) in [5.41, 5.74) is 2.86. The number of nitrogens with one attached hydrogen (secondary N) is 1. The molecule has 2 N–H and O–H groups in total. The van der Waals surface area contributed by atoms with Crippen LogP contribution in [0.2, 0.25) is 0 Å². The van der Waals surface area contributed by atoms with Gasteiger partial charge in [-0.25, -0.2) is 9.78 Å². The average molecular weight is 472 g/mol. The van der Waals surface area contributed by atoms with E-state index in [1.54, 1.807) is 12.1 Å². The fourth-order valence-electron chi connectivity index (χ4n) is 3.92. The molecule has 35 heavy (non-hydrogen) atoms. The minimum atomic E-state index is -1.33. The lowest BCUT2D eigenvalue weighted by Crippen LogP contribution is -2.37. The summed E-state index contributed by atoms with van der Waals surface area (Å²) in [6.45, 7) is 7.45. The largest absolute Gasteiger partial charge is 0.478 e. The zero-order valence-corrected chi connectivity index (χ0v) is 20.3. The molecule has 0 fully saturated rings. The Labute approximate surface area is 204 Å². The molecule has 1 atom stereocenters. The Balaban J connectivity index is 1.54. The fraction of sp³-hybridized carbons (Fsp3) is 0.250. The van der Waals surface area contributed by atoms with Crippen molar-refractivity contribution >= 4 is 22.9 Å². The van der Waals surface area contributed by atoms with Crippen molar-refractivity contribution in [2.45, 2.75) is 45.9 Å². The number of aromatic nitrogens is 2. The van der Waals surface area contributed by atoms with Crippen LogP contribution < -0.4 is 10.1 Å². The van der Waals surface area contributed by atoms with Crippen molar-refractivity contribution in [2.24, 2.45) is 0 Å². The molecule has 7 heteroatoms. The smallest absolute Gasteiger partial charge is 0.347 e. The molecule has 3 aromatic carbocycles. The highest BCUT2D eigenvalue weighted by Crippen LogP contribution is 2.24. The molecule has 0 spiro atoms. The summed E-state index contributed by atoms with van der Waals surface area (Å²) in [6.07, 6.45) is 0. The Bertz CT molecular complexity index is 1380. The minimum Gasteiger partial charge on any atom is -0.478 e. The second-order valence-corrected chi connectivity index (χ2v) is 9.12. The van der Waals surface area contributed by atoms with Crippen molar-refractivity contribution in [3.05, 3.63) is 95.3 Å². The van der Waals surface area contributed by atoms with Crippen LogP contribution in [-0.4, -0.2) is 32.1 Å². The van der Waals surface area contributed by atoms with Gasteiger partial charge in [0.05, 0.1) is 17.1 Å². The molecule has 0 aliphatic heterocycles. The summed E-state index contributed by atoms with van der Waals surface area (Å²) in [5.74, 6) is 0.120. The number of imidazole rings is 1. The van der Waals surface area contributed by atoms with Gasteiger partial charge in [-0.1, -0.05) is 42.5 Å². The molecule has 1 amide bonds. The Morgan fingerprint density at radius 2 is 1.80 bits per heavy atom. The molecule has 0 aliphatic carbocycles. The van der Waals surface area contributed by atoms with Gasteiger partial charge in [-0.15, -0.1) is 0 Å². The van der Waals surface area contributed by atoms with Crippen molar-refractivity contribution in [3.8, 4) is 5.75 Å². The van der Waals surface area contributed by atoms with Crippen molar-refractivity contribution in [1.29, 1.82) is 0 Å². The summed E-state index contributed by atoms with van der Waals surface area (Å²) in [7, 11) is 0. The highest BCUT2D eigenvalue weighted by atomic mass is 16.5. The topological polar surface area (TPSA) is 93.5 Å². The van der Waals surface area contributed by atoms with Gasteiger partial charge >= 0.3 is 5.97 Å². The maximum absolute atomic E-state index is 12.9. The third-order valence-electron chi connectivity index (χ3n) is 5.98. The predicted molar refractivity (Wildman–Crippen MR) is 135 cm³/mol. The van der Waals surface area contributed by atoms with Gasteiger partial charge in [-0.05, 0) is 69.2 Å². The maximum Gasteiger partial charge on any atom is 0.347 e. The Morgan fingerprint density at radius 1 is 1.06 bits per heavy atom. The number of benzene rings is 3. The number of aliphatic carboxylic acids is 1. The zero-order chi connectivity index (χ0) is 25.2. The predicted octanol–water partition coefficient (Wildman–Crippen LogP) is 5.13. The van der Waals surface area contributed by atoms with Crippen LogP contribution in [0.3, 0.4) is 0 Å². The number of hydrogen-bond donors (Lipinski definition) is 2. The lowest BCUT2D eigenvalue weighted by Gasteiger charge is -2.22. The van der Waals surface area contributed by atoms with E-state index in [1.165, 1.54) is 13.8 Å². The number of rotatable bonds is 8. The molecule has 4 rings (SSSR count). The molecular weight excluding hydrogens is 442 g/mol. The number of carbonyl (C=O) groups is 2. The molecule has 4 aromatic rings. The van der Waals surface area contributed by atoms with E-state index in [1.807, 2.05) is 74.5 Å². The van der Waals surface area contributed by atoms with Crippen molar-refractivity contribution < 1.29 is 19.4 Å². The molecule has 0 unspecified atom stereocenters. The number of aryl methyl sites for hydroxylation is 1. The van der Waals surface area contributed by atoms with Gasteiger partial charge in [0.1, 0.15) is 11.6 Å². The molecule has 180 valence electrons. The van der Waals surface area contributed by atoms with Gasteiger partial charge < -0.3 is 19.7 Å². The highest BCUT2D eigenvalue weighted by Gasteiger charge is 2.29. The molecule has 0 aliphatic rings. The third-order valence-corrected chi connectivity index (χ3v) is 5.98. The van der Waals surface area contributed by atoms with Gasteiger partial charge in [0.25, 0.3) is 5.91 Å². The first kappa shape index (κ1) is 24.0. The number of ether oxygens (including phenoxy) is 1. The van der Waals surface area contributed by atoms with Gasteiger partial charge in [0.15, 0.2) is 5.60 Å². The highest BCUT2D eigenvalue weighted by molar-refractivity contribution is 5.97. The molecule has 7 nitrogen and oxygen atoms in total. The molecule has 0 saturated carbocycles. The van der Waals surface area contributed by atoms with Gasteiger partial charge in [0.2, 0.25) is 0 Å². The summed E-state index contributed by atoms with van der Waals surface area (Å²) in [6, 6.07) is 22.6. The third kappa shape index (κ3) is 5.35. The van der Waals surface area contributed by atoms with Crippen LogP contribution in [0, 0.1) is 6.92 Å². The lowest BCUT2D eigenvalue weighted by atomic mass is 10.1. The quantitative estimate of drug-likeness (QED) is 0.372. The van der Waals surface area contributed by atoms with Crippen LogP contribution in [-0.2, 0) is 11.3 Å². The summed E-state index contributed by atoms with van der Waals surface area (Å²) in [5, 5.41) is 12.4. The van der Waals surface area contributed by atoms with Crippen LogP contribution in [0.25, 0.3) is 11.0 Å². The molecule has 1 aromatic heterocycles. The van der Waals surface area contributed by atoms with Crippen LogP contribution >= 0.6 is 0 Å². The standard InChI is InChI=1S/C28H29N3O4/c1-18(21-10-6-5-7-11-21)29-26(32)22-13-14-25-24(16-22)30-19(2)31(25)17-20-9-8-12-23(15-20)35-28(3,4)27(33)34/h5-16,18H,17H2,1-4H3,(H,29,32)(H,33,34)/t18-/m0/s1. The number of carboxylic acid groups (broad SMARTS) is 1. The van der Waals surface area contributed by atoms with E-state index < -0.39 is 11.6 Å². The van der Waals surface area contributed by atoms with E-state index in [0.717, 1.165) is 28.0 Å². The van der Waals surface area contributed by atoms with Gasteiger partial charge in [0, 0.05) is 12.1 Å². The first-order valence-corrected chi connectivity index (χ1v) is 11.5. The van der Waals surface area contributed by atoms with Gasteiger partial charge in [-0.3, -0.25) is 4.79 Å². The molecule has 1 heterocycles. The Kier molecular flexibility index (Phi) is 6.60. The van der Waals surface area contributed by atoms with E-state index in [-0.39, 0.29) is 11.9 Å². The monoisotopic (exact) mass is 471 g/mol. The van der Waals surface area contributed by atoms with E-state index in [9.17, 15) is 14.7 Å². The first-order valence-electron chi connectivity index (χ1n) is 11.5. The summed E-state index contributed by atoms with van der Waals surface area (Å²) < 4.78 is 7.74. The van der Waals surface area contributed by atoms with E-state index in [2.05, 4.69) is 14.9 Å². The Hall–Kier alpha value is -4.13. The van der Waals surface area contributed by atoms with Crippen molar-refractivity contribution in [2.75, 3.05) is 0 Å². The second-order valence-electron chi connectivity index (χ2n) is 9.12. The number of hydrogen-bond acceptors (Lipinski definition) is 4. The number of nitrogens with zero attached hydrogens (tertiary/aromatic N) is 2. The van der Waals surface area contributed by atoms with Crippen LogP contribution in [0.15, 0.2) is 72.8 Å². The Morgan fingerprint density at radius 3 is 2.51 bits per heavy atom. The minimum absolute atomic E-state index is 0.112. The number of fused-ring (bicyclic) bond motifs is 1. The fourth-order valence-corrected chi connectivity index (χ4v) is 3.92. The molecule has 0 radical (unpaired) electrons. The first-order chi connectivity index (χ1) is 16.6. The van der Waals surface area contributed by atoms with E-state index >= 15 is 0 Å². The van der Waals surface area contributed by atoms with Crippen LogP contribution in [0.5, 0.6) is 5.75 Å². The molecule has 0 saturated heterocycles. The second kappa shape index (κ2) is 9.62. The lowest BCUT2D eigenvalue weighted by molar-refractivity contribution is -0.152. The normalized spacial score (nSPS) is 12.3. The molecular formula is C28H29N3O4. The maximum atomic E-state index is 12.9. The van der Waals surface area contributed by atoms with Crippen molar-refractivity contribution in [1.82, 2.24) is 14.9 Å². The number of carbonyl (C=O) groups excluding carboxylic acids is 1. The summed E-state index contributed by atoms with van der Waals surface area (Å²) >= 11 is 0. The summed E-state index contributed by atoms with van der Waals surface area (Å²) in [4.78, 5) is 28.9. The zero-order valence-electron chi connectivity index (χ0n) is 20.3. The van der Waals surface area contributed by atoms with Crippen LogP contribution in [0.1, 0.15) is 54.1 Å². The van der Waals surface area contributed by atoms with Crippen molar-refractivity contribution in [3.63, 3.8) is 0 Å².